The minimum absolute atomic E-state index is 0.256. The lowest BCUT2D eigenvalue weighted by Gasteiger charge is -2.37. The Morgan fingerprint density at radius 3 is 2.27 bits per heavy atom. The Hall–Kier alpha value is -2.44. The number of hydrogen-bond acceptors (Lipinski definition) is 6. The van der Waals surface area contributed by atoms with Gasteiger partial charge in [-0.2, -0.15) is 0 Å². The highest BCUT2D eigenvalue weighted by Crippen LogP contribution is 2.27. The minimum atomic E-state index is -0.547. The summed E-state index contributed by atoms with van der Waals surface area (Å²) in [5.74, 6) is 1.81. The van der Waals surface area contributed by atoms with Crippen molar-refractivity contribution in [2.75, 3.05) is 51.3 Å². The maximum atomic E-state index is 10.2. The first-order valence-electron chi connectivity index (χ1n) is 8.86. The summed E-state index contributed by atoms with van der Waals surface area (Å²) in [4.78, 5) is 4.39. The first kappa shape index (κ1) is 18.4. The van der Waals surface area contributed by atoms with Crippen molar-refractivity contribution in [2.45, 2.75) is 6.10 Å². The molecule has 2 aromatic rings. The van der Waals surface area contributed by atoms with E-state index in [1.807, 2.05) is 42.5 Å². The van der Waals surface area contributed by atoms with Crippen LogP contribution >= 0.6 is 0 Å². The molecule has 1 atom stereocenters. The van der Waals surface area contributed by atoms with Gasteiger partial charge in [0.15, 0.2) is 0 Å². The molecule has 1 fully saturated rings. The van der Waals surface area contributed by atoms with Crippen molar-refractivity contribution in [1.29, 1.82) is 0 Å². The minimum Gasteiger partial charge on any atom is -0.506 e. The molecule has 3 rings (SSSR count). The number of β-amino-alcohol motifs (C(OH)–C–C–N with tert-alkyl or cyclic N) is 1. The Morgan fingerprint density at radius 2 is 1.62 bits per heavy atom. The normalized spacial score (nSPS) is 16.3. The molecule has 26 heavy (non-hydrogen) atoms. The zero-order chi connectivity index (χ0) is 18.4. The molecule has 2 aromatic carbocycles. The van der Waals surface area contributed by atoms with Crippen molar-refractivity contribution >= 4 is 5.69 Å². The lowest BCUT2D eigenvalue weighted by Crippen LogP contribution is -2.49. The number of aromatic hydroxyl groups is 1. The van der Waals surface area contributed by atoms with Gasteiger partial charge in [-0.3, -0.25) is 4.90 Å². The Labute approximate surface area is 154 Å². The molecule has 0 aliphatic carbocycles. The van der Waals surface area contributed by atoms with Gasteiger partial charge in [-0.25, -0.2) is 0 Å². The third-order valence-corrected chi connectivity index (χ3v) is 4.57. The Bertz CT molecular complexity index is 684. The summed E-state index contributed by atoms with van der Waals surface area (Å²) in [5, 5.41) is 20.2. The monoisotopic (exact) mass is 358 g/mol. The van der Waals surface area contributed by atoms with Crippen molar-refractivity contribution in [2.24, 2.45) is 0 Å². The van der Waals surface area contributed by atoms with E-state index in [4.69, 9.17) is 9.47 Å². The smallest absolute Gasteiger partial charge is 0.138 e. The molecule has 1 aliphatic heterocycles. The fourth-order valence-corrected chi connectivity index (χ4v) is 3.12. The van der Waals surface area contributed by atoms with Crippen molar-refractivity contribution < 1.29 is 19.7 Å². The van der Waals surface area contributed by atoms with E-state index in [9.17, 15) is 10.2 Å². The van der Waals surface area contributed by atoms with E-state index >= 15 is 0 Å². The van der Waals surface area contributed by atoms with Gasteiger partial charge < -0.3 is 24.6 Å². The van der Waals surface area contributed by atoms with E-state index in [0.29, 0.717) is 18.0 Å². The molecule has 0 bridgehead atoms. The van der Waals surface area contributed by atoms with Crippen LogP contribution in [0.3, 0.4) is 0 Å². The highest BCUT2D eigenvalue weighted by atomic mass is 16.5. The average molecular weight is 358 g/mol. The van der Waals surface area contributed by atoms with Crippen LogP contribution in [-0.4, -0.2) is 67.7 Å². The number of ether oxygens (including phenoxy) is 2. The average Bonchev–Trinajstić information content (AvgIpc) is 2.68. The maximum Gasteiger partial charge on any atom is 0.138 e. The molecule has 0 aromatic heterocycles. The van der Waals surface area contributed by atoms with E-state index in [1.165, 1.54) is 0 Å². The van der Waals surface area contributed by atoms with E-state index < -0.39 is 6.10 Å². The highest BCUT2D eigenvalue weighted by molar-refractivity contribution is 5.57. The van der Waals surface area contributed by atoms with Gasteiger partial charge in [-0.1, -0.05) is 12.1 Å². The predicted molar refractivity (Wildman–Crippen MR) is 101 cm³/mol. The van der Waals surface area contributed by atoms with Crippen molar-refractivity contribution in [3.63, 3.8) is 0 Å². The van der Waals surface area contributed by atoms with Crippen LogP contribution in [0.1, 0.15) is 0 Å². The van der Waals surface area contributed by atoms with Crippen LogP contribution in [0, 0.1) is 0 Å². The Balaban J connectivity index is 1.41. The number of anilines is 1. The van der Waals surface area contributed by atoms with Gasteiger partial charge in [-0.15, -0.1) is 0 Å². The van der Waals surface area contributed by atoms with Gasteiger partial charge in [-0.05, 0) is 36.4 Å². The lowest BCUT2D eigenvalue weighted by atomic mass is 10.2. The first-order valence-corrected chi connectivity index (χ1v) is 8.86. The topological polar surface area (TPSA) is 65.4 Å². The maximum absolute atomic E-state index is 10.2. The number of aliphatic hydroxyl groups is 1. The molecular weight excluding hydrogens is 332 g/mol. The second kappa shape index (κ2) is 8.78. The van der Waals surface area contributed by atoms with Gasteiger partial charge in [0.2, 0.25) is 0 Å². The third-order valence-electron chi connectivity index (χ3n) is 4.57. The molecule has 0 radical (unpaired) electrons. The largest absolute Gasteiger partial charge is 0.506 e. The molecule has 6 heteroatoms. The number of aliphatic hydroxyl groups excluding tert-OH is 1. The van der Waals surface area contributed by atoms with Crippen molar-refractivity contribution in [3.8, 4) is 17.2 Å². The third kappa shape index (κ3) is 4.80. The molecule has 1 saturated heterocycles. The number of rotatable bonds is 7. The molecule has 2 N–H and O–H groups in total. The second-order valence-corrected chi connectivity index (χ2v) is 6.42. The number of hydrogen-bond donors (Lipinski definition) is 2. The van der Waals surface area contributed by atoms with Crippen molar-refractivity contribution in [1.82, 2.24) is 4.90 Å². The van der Waals surface area contributed by atoms with Crippen LogP contribution in [0.2, 0.25) is 0 Å². The summed E-state index contributed by atoms with van der Waals surface area (Å²) < 4.78 is 10.8. The molecule has 0 unspecified atom stereocenters. The summed E-state index contributed by atoms with van der Waals surface area (Å²) in [6.45, 7) is 4.16. The summed E-state index contributed by atoms with van der Waals surface area (Å²) in [7, 11) is 1.62. The van der Waals surface area contributed by atoms with Gasteiger partial charge in [0.05, 0.1) is 12.8 Å². The van der Waals surface area contributed by atoms with E-state index in [1.54, 1.807) is 13.2 Å². The molecule has 1 heterocycles. The molecule has 6 nitrogen and oxygen atoms in total. The first-order chi connectivity index (χ1) is 12.7. The van der Waals surface area contributed by atoms with Gasteiger partial charge in [0, 0.05) is 32.7 Å². The number of phenolic OH excluding ortho intramolecular Hbond substituents is 1. The number of para-hydroxylation sites is 2. The summed E-state index contributed by atoms with van der Waals surface area (Å²) >= 11 is 0. The number of methoxy groups -OCH3 is 1. The summed E-state index contributed by atoms with van der Waals surface area (Å²) in [5.41, 5.74) is 0.871. The van der Waals surface area contributed by atoms with Crippen LogP contribution < -0.4 is 14.4 Å². The second-order valence-electron chi connectivity index (χ2n) is 6.42. The van der Waals surface area contributed by atoms with Crippen LogP contribution in [0.4, 0.5) is 5.69 Å². The highest BCUT2D eigenvalue weighted by Gasteiger charge is 2.21. The van der Waals surface area contributed by atoms with Crippen LogP contribution in [0.15, 0.2) is 48.5 Å². The summed E-state index contributed by atoms with van der Waals surface area (Å²) in [6.07, 6.45) is -0.547. The SMILES string of the molecule is COc1ccc(OC[C@@H](O)CN2CCN(c3ccccc3O)CC2)cc1. The quantitative estimate of drug-likeness (QED) is 0.789. The summed E-state index contributed by atoms with van der Waals surface area (Å²) in [6, 6.07) is 14.7. The number of nitrogens with zero attached hydrogens (tertiary/aromatic N) is 2. The Morgan fingerprint density at radius 1 is 0.962 bits per heavy atom. The Kier molecular flexibility index (Phi) is 6.20. The molecule has 140 valence electrons. The standard InChI is InChI=1S/C20H26N2O4/c1-25-17-6-8-18(9-7-17)26-15-16(23)14-21-10-12-22(13-11-21)19-4-2-3-5-20(19)24/h2-9,16,23-24H,10-15H2,1H3/t16-/m0/s1. The molecule has 0 spiro atoms. The fourth-order valence-electron chi connectivity index (χ4n) is 3.12. The molecule has 1 aliphatic rings. The zero-order valence-electron chi connectivity index (χ0n) is 15.0. The van der Waals surface area contributed by atoms with E-state index in [0.717, 1.165) is 37.6 Å². The van der Waals surface area contributed by atoms with Gasteiger partial charge in [0.1, 0.15) is 30.0 Å². The fraction of sp³-hybridized carbons (Fsp3) is 0.400. The van der Waals surface area contributed by atoms with Crippen molar-refractivity contribution in [3.05, 3.63) is 48.5 Å². The van der Waals surface area contributed by atoms with Crippen LogP contribution in [-0.2, 0) is 0 Å². The van der Waals surface area contributed by atoms with Crippen LogP contribution in [0.25, 0.3) is 0 Å². The molecule has 0 saturated carbocycles. The van der Waals surface area contributed by atoms with E-state index in [2.05, 4.69) is 9.80 Å². The van der Waals surface area contributed by atoms with Gasteiger partial charge in [0.25, 0.3) is 0 Å². The van der Waals surface area contributed by atoms with Crippen LogP contribution in [0.5, 0.6) is 17.2 Å². The molecule has 0 amide bonds. The predicted octanol–water partition coefficient (Wildman–Crippen LogP) is 1.96. The van der Waals surface area contributed by atoms with E-state index in [-0.39, 0.29) is 6.61 Å². The van der Waals surface area contributed by atoms with Gasteiger partial charge >= 0.3 is 0 Å². The number of benzene rings is 2. The number of phenols is 1. The lowest BCUT2D eigenvalue weighted by molar-refractivity contribution is 0.0662. The number of piperazine rings is 1. The zero-order valence-corrected chi connectivity index (χ0v) is 15.0. The molecular formula is C20H26N2O4.